The summed E-state index contributed by atoms with van der Waals surface area (Å²) >= 11 is 0. The van der Waals surface area contributed by atoms with E-state index in [-0.39, 0.29) is 0 Å². The Kier molecular flexibility index (Phi) is 2.47. The lowest BCUT2D eigenvalue weighted by Crippen LogP contribution is -1.84. The minimum atomic E-state index is 0.427. The molecule has 2 aromatic heterocycles. The number of hydrogen-bond acceptors (Lipinski definition) is 1. The molecule has 0 radical (unpaired) electrons. The highest BCUT2D eigenvalue weighted by atomic mass is 16.3. The van der Waals surface area contributed by atoms with E-state index in [4.69, 9.17) is 4.42 Å². The van der Waals surface area contributed by atoms with E-state index in [9.17, 15) is 0 Å². The summed E-state index contributed by atoms with van der Waals surface area (Å²) in [6.45, 7) is 8.71. The first-order valence-electron chi connectivity index (χ1n) is 6.61. The molecule has 2 heterocycles. The second-order valence-electron chi connectivity index (χ2n) is 5.63. The van der Waals surface area contributed by atoms with Gasteiger partial charge in [-0.25, -0.2) is 0 Å². The van der Waals surface area contributed by atoms with Gasteiger partial charge in [0.05, 0.1) is 0 Å². The molecule has 3 aromatic rings. The summed E-state index contributed by atoms with van der Waals surface area (Å²) in [4.78, 5) is 3.47. The zero-order valence-electron chi connectivity index (χ0n) is 11.4. The number of aromatic nitrogens is 1. The van der Waals surface area contributed by atoms with Crippen molar-refractivity contribution in [3.05, 3.63) is 35.7 Å². The van der Waals surface area contributed by atoms with Gasteiger partial charge in [-0.1, -0.05) is 27.7 Å². The van der Waals surface area contributed by atoms with E-state index in [2.05, 4.69) is 56.9 Å². The molecular formula is C16H19NO. The predicted octanol–water partition coefficient (Wildman–Crippen LogP) is 5.16. The van der Waals surface area contributed by atoms with Crippen molar-refractivity contribution in [1.82, 2.24) is 4.98 Å². The van der Waals surface area contributed by atoms with E-state index in [1.54, 1.807) is 0 Å². The molecule has 3 rings (SSSR count). The Morgan fingerprint density at radius 3 is 2.44 bits per heavy atom. The number of hydrogen-bond donors (Lipinski definition) is 1. The van der Waals surface area contributed by atoms with Crippen LogP contribution in [0.1, 0.15) is 51.0 Å². The van der Waals surface area contributed by atoms with Crippen molar-refractivity contribution in [1.29, 1.82) is 0 Å². The Morgan fingerprint density at radius 1 is 1.00 bits per heavy atom. The van der Waals surface area contributed by atoms with Crippen LogP contribution in [0.2, 0.25) is 0 Å². The van der Waals surface area contributed by atoms with Gasteiger partial charge in [0, 0.05) is 27.9 Å². The van der Waals surface area contributed by atoms with Gasteiger partial charge in [-0.05, 0) is 30.2 Å². The molecule has 0 bridgehead atoms. The molecule has 1 aromatic carbocycles. The number of nitrogens with one attached hydrogen (secondary N) is 1. The minimum Gasteiger partial charge on any atom is -0.460 e. The maximum absolute atomic E-state index is 6.02. The average molecular weight is 241 g/mol. The number of rotatable bonds is 2. The van der Waals surface area contributed by atoms with E-state index in [1.807, 2.05) is 0 Å². The van der Waals surface area contributed by atoms with Crippen LogP contribution >= 0.6 is 0 Å². The standard InChI is InChI=1S/C16H19NO/c1-9(2)14-8-12-13(17-14)6-5-11-7-15(10(3)4)18-16(11)12/h5-10,17H,1-4H3. The van der Waals surface area contributed by atoms with Crippen molar-refractivity contribution in [2.45, 2.75) is 39.5 Å². The van der Waals surface area contributed by atoms with Crippen molar-refractivity contribution in [3.8, 4) is 0 Å². The van der Waals surface area contributed by atoms with Gasteiger partial charge in [-0.2, -0.15) is 0 Å². The molecule has 0 aliphatic carbocycles. The van der Waals surface area contributed by atoms with Crippen molar-refractivity contribution in [3.63, 3.8) is 0 Å². The van der Waals surface area contributed by atoms with Crippen LogP contribution in [-0.2, 0) is 0 Å². The summed E-state index contributed by atoms with van der Waals surface area (Å²) in [6, 6.07) is 8.65. The van der Waals surface area contributed by atoms with E-state index >= 15 is 0 Å². The molecule has 0 saturated heterocycles. The highest BCUT2D eigenvalue weighted by Crippen LogP contribution is 2.32. The average Bonchev–Trinajstić information content (AvgIpc) is 2.91. The van der Waals surface area contributed by atoms with Gasteiger partial charge in [-0.3, -0.25) is 0 Å². The van der Waals surface area contributed by atoms with Gasteiger partial charge in [0.25, 0.3) is 0 Å². The van der Waals surface area contributed by atoms with E-state index < -0.39 is 0 Å². The zero-order valence-corrected chi connectivity index (χ0v) is 11.4. The number of furan rings is 1. The van der Waals surface area contributed by atoms with Crippen molar-refractivity contribution < 1.29 is 4.42 Å². The third kappa shape index (κ3) is 1.64. The van der Waals surface area contributed by atoms with E-state index in [0.717, 1.165) is 16.9 Å². The first-order chi connectivity index (χ1) is 8.56. The van der Waals surface area contributed by atoms with Crippen LogP contribution in [0.5, 0.6) is 0 Å². The first kappa shape index (κ1) is 11.4. The molecule has 0 amide bonds. The molecule has 0 unspecified atom stereocenters. The molecule has 0 aliphatic heterocycles. The summed E-state index contributed by atoms with van der Waals surface area (Å²) in [6.07, 6.45) is 0. The minimum absolute atomic E-state index is 0.427. The number of fused-ring (bicyclic) bond motifs is 3. The summed E-state index contributed by atoms with van der Waals surface area (Å²) in [5, 5.41) is 2.39. The normalized spacial score (nSPS) is 12.3. The van der Waals surface area contributed by atoms with Crippen LogP contribution in [-0.4, -0.2) is 4.98 Å². The molecule has 0 fully saturated rings. The monoisotopic (exact) mass is 241 g/mol. The third-order valence-corrected chi connectivity index (χ3v) is 3.51. The lowest BCUT2D eigenvalue weighted by molar-refractivity contribution is 0.524. The molecule has 0 spiro atoms. The van der Waals surface area contributed by atoms with Gasteiger partial charge in [-0.15, -0.1) is 0 Å². The fourth-order valence-corrected chi connectivity index (χ4v) is 2.34. The Morgan fingerprint density at radius 2 is 1.78 bits per heavy atom. The van der Waals surface area contributed by atoms with Crippen LogP contribution in [0.25, 0.3) is 21.9 Å². The van der Waals surface area contributed by atoms with Crippen molar-refractivity contribution in [2.24, 2.45) is 0 Å². The fourth-order valence-electron chi connectivity index (χ4n) is 2.34. The van der Waals surface area contributed by atoms with Gasteiger partial charge in [0.15, 0.2) is 0 Å². The lowest BCUT2D eigenvalue weighted by atomic mass is 10.1. The zero-order chi connectivity index (χ0) is 12.9. The highest BCUT2D eigenvalue weighted by Gasteiger charge is 2.12. The molecule has 2 nitrogen and oxygen atoms in total. The molecule has 18 heavy (non-hydrogen) atoms. The second kappa shape index (κ2) is 3.91. The fraction of sp³-hybridized carbons (Fsp3) is 0.375. The van der Waals surface area contributed by atoms with Crippen LogP contribution < -0.4 is 0 Å². The molecule has 2 heteroatoms. The summed E-state index contributed by atoms with van der Waals surface area (Å²) < 4.78 is 6.02. The smallest absolute Gasteiger partial charge is 0.143 e. The lowest BCUT2D eigenvalue weighted by Gasteiger charge is -1.97. The van der Waals surface area contributed by atoms with Gasteiger partial charge in [0.2, 0.25) is 0 Å². The molecule has 0 atom stereocenters. The maximum atomic E-state index is 6.02. The van der Waals surface area contributed by atoms with E-state index in [1.165, 1.54) is 16.5 Å². The maximum Gasteiger partial charge on any atom is 0.143 e. The molecule has 0 aliphatic rings. The van der Waals surface area contributed by atoms with Crippen LogP contribution in [0.3, 0.4) is 0 Å². The third-order valence-electron chi connectivity index (χ3n) is 3.51. The van der Waals surface area contributed by atoms with Crippen molar-refractivity contribution in [2.75, 3.05) is 0 Å². The quantitative estimate of drug-likeness (QED) is 0.659. The largest absolute Gasteiger partial charge is 0.460 e. The Hall–Kier alpha value is -1.70. The Labute approximate surface area is 107 Å². The van der Waals surface area contributed by atoms with Gasteiger partial charge < -0.3 is 9.40 Å². The second-order valence-corrected chi connectivity index (χ2v) is 5.63. The highest BCUT2D eigenvalue weighted by molar-refractivity contribution is 6.03. The summed E-state index contributed by atoms with van der Waals surface area (Å²) in [5.74, 6) is 1.99. The SMILES string of the molecule is CC(C)c1cc2c(ccc3cc(C(C)C)oc32)[nH]1. The van der Waals surface area contributed by atoms with Crippen LogP contribution in [0.15, 0.2) is 28.7 Å². The first-order valence-corrected chi connectivity index (χ1v) is 6.61. The Balaban J connectivity index is 2.30. The molecule has 0 saturated carbocycles. The predicted molar refractivity (Wildman–Crippen MR) is 76.2 cm³/mol. The summed E-state index contributed by atoms with van der Waals surface area (Å²) in [7, 11) is 0. The van der Waals surface area contributed by atoms with Gasteiger partial charge >= 0.3 is 0 Å². The number of aromatic amines is 1. The van der Waals surface area contributed by atoms with Crippen LogP contribution in [0, 0.1) is 0 Å². The molecule has 94 valence electrons. The van der Waals surface area contributed by atoms with E-state index in [0.29, 0.717) is 11.8 Å². The van der Waals surface area contributed by atoms with Crippen molar-refractivity contribution >= 4 is 21.9 Å². The number of benzene rings is 1. The Bertz CT molecular complexity index is 639. The summed E-state index contributed by atoms with van der Waals surface area (Å²) in [5.41, 5.74) is 3.44. The topological polar surface area (TPSA) is 28.9 Å². The number of H-pyrrole nitrogens is 1. The molecular weight excluding hydrogens is 222 g/mol. The van der Waals surface area contributed by atoms with Crippen LogP contribution in [0.4, 0.5) is 0 Å². The molecule has 1 N–H and O–H groups in total. The van der Waals surface area contributed by atoms with Gasteiger partial charge in [0.1, 0.15) is 11.3 Å².